The molecular weight excluding hydrogens is 193 g/mol. The zero-order valence-electron chi connectivity index (χ0n) is 9.15. The third kappa shape index (κ3) is 5.44. The second kappa shape index (κ2) is 4.49. The number of halogens is 3. The van der Waals surface area contributed by atoms with Gasteiger partial charge in [0.2, 0.25) is 0 Å². The normalized spacial score (nSPS) is 16.1. The summed E-state index contributed by atoms with van der Waals surface area (Å²) in [6.45, 7) is 4.99. The van der Waals surface area contributed by atoms with E-state index in [2.05, 4.69) is 0 Å². The van der Waals surface area contributed by atoms with E-state index >= 15 is 0 Å². The van der Waals surface area contributed by atoms with Crippen molar-refractivity contribution in [2.24, 2.45) is 11.1 Å². The van der Waals surface area contributed by atoms with E-state index in [9.17, 15) is 13.2 Å². The summed E-state index contributed by atoms with van der Waals surface area (Å²) in [4.78, 5) is 1.25. The van der Waals surface area contributed by atoms with Gasteiger partial charge in [-0.05, 0) is 19.4 Å². The lowest BCUT2D eigenvalue weighted by atomic mass is 9.85. The van der Waals surface area contributed by atoms with Crippen LogP contribution in [-0.2, 0) is 0 Å². The second-order valence-electron chi connectivity index (χ2n) is 4.56. The van der Waals surface area contributed by atoms with Crippen molar-refractivity contribution in [3.63, 3.8) is 0 Å². The summed E-state index contributed by atoms with van der Waals surface area (Å²) >= 11 is 0. The van der Waals surface area contributed by atoms with Gasteiger partial charge in [-0.2, -0.15) is 13.2 Å². The largest absolute Gasteiger partial charge is 0.401 e. The molecule has 1 atom stereocenters. The Hall–Kier alpha value is -0.290. The Bertz CT molecular complexity index is 175. The molecule has 0 heterocycles. The molecule has 0 aromatic heterocycles. The van der Waals surface area contributed by atoms with Gasteiger partial charge >= 0.3 is 6.18 Å². The molecule has 2 nitrogen and oxygen atoms in total. The first-order chi connectivity index (χ1) is 6.04. The van der Waals surface area contributed by atoms with E-state index in [4.69, 9.17) is 5.73 Å². The maximum Gasteiger partial charge on any atom is 0.401 e. The second-order valence-corrected chi connectivity index (χ2v) is 4.56. The maximum absolute atomic E-state index is 12.0. The molecule has 0 aliphatic heterocycles. The molecule has 0 bridgehead atoms. The average Bonchev–Trinajstić information content (AvgIpc) is 1.79. The average molecular weight is 212 g/mol. The van der Waals surface area contributed by atoms with Crippen LogP contribution in [0.2, 0.25) is 0 Å². The van der Waals surface area contributed by atoms with Gasteiger partial charge in [-0.25, -0.2) is 0 Å². The van der Waals surface area contributed by atoms with Crippen LogP contribution in [0.4, 0.5) is 13.2 Å². The Kier molecular flexibility index (Phi) is 4.39. The fourth-order valence-electron chi connectivity index (χ4n) is 1.20. The number of rotatable bonds is 4. The standard InChI is InChI=1S/C9H19F3N2/c1-7(13)8(2,3)5-14(4)6-9(10,11)12/h7H,5-6,13H2,1-4H3. The van der Waals surface area contributed by atoms with E-state index < -0.39 is 12.7 Å². The van der Waals surface area contributed by atoms with Crippen molar-refractivity contribution in [3.8, 4) is 0 Å². The molecule has 2 N–H and O–H groups in total. The number of nitrogens with two attached hydrogens (primary N) is 1. The summed E-state index contributed by atoms with van der Waals surface area (Å²) in [6, 6.07) is -0.127. The predicted molar refractivity (Wildman–Crippen MR) is 51.0 cm³/mol. The maximum atomic E-state index is 12.0. The summed E-state index contributed by atoms with van der Waals surface area (Å²) in [7, 11) is 1.46. The fraction of sp³-hybridized carbons (Fsp3) is 1.00. The van der Waals surface area contributed by atoms with Gasteiger partial charge in [-0.3, -0.25) is 4.90 Å². The number of alkyl halides is 3. The van der Waals surface area contributed by atoms with Crippen molar-refractivity contribution in [2.45, 2.75) is 33.0 Å². The van der Waals surface area contributed by atoms with Crippen molar-refractivity contribution < 1.29 is 13.2 Å². The summed E-state index contributed by atoms with van der Waals surface area (Å²) in [5, 5.41) is 0. The van der Waals surface area contributed by atoms with Crippen molar-refractivity contribution in [2.75, 3.05) is 20.1 Å². The highest BCUT2D eigenvalue weighted by Crippen LogP contribution is 2.22. The molecular formula is C9H19F3N2. The van der Waals surface area contributed by atoms with E-state index in [1.165, 1.54) is 11.9 Å². The van der Waals surface area contributed by atoms with Crippen molar-refractivity contribution >= 4 is 0 Å². The number of hydrogen-bond donors (Lipinski definition) is 1. The lowest BCUT2D eigenvalue weighted by molar-refractivity contribution is -0.145. The van der Waals surface area contributed by atoms with Gasteiger partial charge in [0.1, 0.15) is 0 Å². The van der Waals surface area contributed by atoms with Crippen LogP contribution >= 0.6 is 0 Å². The summed E-state index contributed by atoms with van der Waals surface area (Å²) in [6.07, 6.45) is -4.14. The molecule has 0 aliphatic carbocycles. The highest BCUT2D eigenvalue weighted by atomic mass is 19.4. The molecule has 0 rings (SSSR count). The SMILES string of the molecule is CC(N)C(C)(C)CN(C)CC(F)(F)F. The molecule has 14 heavy (non-hydrogen) atoms. The minimum absolute atomic E-state index is 0.127. The topological polar surface area (TPSA) is 29.3 Å². The molecule has 0 aliphatic rings. The highest BCUT2D eigenvalue weighted by Gasteiger charge is 2.32. The van der Waals surface area contributed by atoms with E-state index in [0.29, 0.717) is 6.54 Å². The molecule has 0 saturated carbocycles. The lowest BCUT2D eigenvalue weighted by Gasteiger charge is -2.33. The van der Waals surface area contributed by atoms with Crippen LogP contribution in [0.25, 0.3) is 0 Å². The molecule has 0 fully saturated rings. The summed E-state index contributed by atoms with van der Waals surface area (Å²) in [5.74, 6) is 0. The molecule has 1 unspecified atom stereocenters. The van der Waals surface area contributed by atoms with Crippen LogP contribution < -0.4 is 5.73 Å². The van der Waals surface area contributed by atoms with Crippen molar-refractivity contribution in [1.82, 2.24) is 4.90 Å². The van der Waals surface area contributed by atoms with Crippen LogP contribution in [0.15, 0.2) is 0 Å². The molecule has 0 amide bonds. The van der Waals surface area contributed by atoms with Crippen LogP contribution in [0.5, 0.6) is 0 Å². The summed E-state index contributed by atoms with van der Waals surface area (Å²) in [5.41, 5.74) is 5.37. The Labute approximate surface area is 83.3 Å². The first kappa shape index (κ1) is 13.7. The fourth-order valence-corrected chi connectivity index (χ4v) is 1.20. The monoisotopic (exact) mass is 212 g/mol. The summed E-state index contributed by atoms with van der Waals surface area (Å²) < 4.78 is 36.0. The molecule has 0 saturated heterocycles. The van der Waals surface area contributed by atoms with E-state index in [0.717, 1.165) is 0 Å². The van der Waals surface area contributed by atoms with Gasteiger partial charge in [-0.15, -0.1) is 0 Å². The highest BCUT2D eigenvalue weighted by molar-refractivity contribution is 4.81. The Morgan fingerprint density at radius 2 is 1.64 bits per heavy atom. The Balaban J connectivity index is 4.12. The third-order valence-electron chi connectivity index (χ3n) is 2.36. The van der Waals surface area contributed by atoms with Gasteiger partial charge in [0, 0.05) is 12.6 Å². The molecule has 5 heteroatoms. The number of nitrogens with zero attached hydrogens (tertiary/aromatic N) is 1. The zero-order valence-corrected chi connectivity index (χ0v) is 9.15. The quantitative estimate of drug-likeness (QED) is 0.770. The minimum atomic E-state index is -4.14. The minimum Gasteiger partial charge on any atom is -0.327 e. The van der Waals surface area contributed by atoms with Crippen molar-refractivity contribution in [3.05, 3.63) is 0 Å². The molecule has 0 aromatic rings. The molecule has 86 valence electrons. The predicted octanol–water partition coefficient (Wildman–Crippen LogP) is 1.85. The Morgan fingerprint density at radius 1 is 1.21 bits per heavy atom. The molecule has 0 aromatic carbocycles. The first-order valence-corrected chi connectivity index (χ1v) is 4.55. The van der Waals surface area contributed by atoms with Crippen LogP contribution in [0, 0.1) is 5.41 Å². The van der Waals surface area contributed by atoms with E-state index in [1.807, 2.05) is 13.8 Å². The number of hydrogen-bond acceptors (Lipinski definition) is 2. The van der Waals surface area contributed by atoms with Crippen LogP contribution in [0.1, 0.15) is 20.8 Å². The van der Waals surface area contributed by atoms with Crippen LogP contribution in [0.3, 0.4) is 0 Å². The van der Waals surface area contributed by atoms with Gasteiger partial charge in [-0.1, -0.05) is 13.8 Å². The smallest absolute Gasteiger partial charge is 0.327 e. The zero-order chi connectivity index (χ0) is 11.6. The van der Waals surface area contributed by atoms with Crippen LogP contribution in [-0.4, -0.2) is 37.3 Å². The van der Waals surface area contributed by atoms with E-state index in [-0.39, 0.29) is 11.5 Å². The van der Waals surface area contributed by atoms with Gasteiger partial charge in [0.25, 0.3) is 0 Å². The first-order valence-electron chi connectivity index (χ1n) is 4.55. The van der Waals surface area contributed by atoms with Gasteiger partial charge in [0.15, 0.2) is 0 Å². The van der Waals surface area contributed by atoms with E-state index in [1.54, 1.807) is 6.92 Å². The van der Waals surface area contributed by atoms with Gasteiger partial charge < -0.3 is 5.73 Å². The Morgan fingerprint density at radius 3 is 1.93 bits per heavy atom. The van der Waals surface area contributed by atoms with Crippen molar-refractivity contribution in [1.29, 1.82) is 0 Å². The van der Waals surface area contributed by atoms with Gasteiger partial charge in [0.05, 0.1) is 6.54 Å². The third-order valence-corrected chi connectivity index (χ3v) is 2.36. The lowest BCUT2D eigenvalue weighted by Crippen LogP contribution is -2.45. The molecule has 0 radical (unpaired) electrons. The molecule has 0 spiro atoms.